The lowest BCUT2D eigenvalue weighted by Crippen LogP contribution is -2.01. The van der Waals surface area contributed by atoms with E-state index in [1.807, 2.05) is 0 Å². The zero-order chi connectivity index (χ0) is 10.6. The van der Waals surface area contributed by atoms with Gasteiger partial charge in [-0.1, -0.05) is 6.58 Å². The molecule has 14 heavy (non-hydrogen) atoms. The molecule has 1 aromatic carbocycles. The Hall–Kier alpha value is -0.540. The predicted molar refractivity (Wildman–Crippen MR) is 59.5 cm³/mol. The van der Waals surface area contributed by atoms with E-state index in [4.69, 9.17) is 16.3 Å². The molecule has 0 spiro atoms. The maximum absolute atomic E-state index is 12.7. The van der Waals surface area contributed by atoms with E-state index in [1.165, 1.54) is 12.1 Å². The molecule has 0 heterocycles. The summed E-state index contributed by atoms with van der Waals surface area (Å²) in [4.78, 5) is 0. The second kappa shape index (κ2) is 5.37. The zero-order valence-electron chi connectivity index (χ0n) is 7.40. The Morgan fingerprint density at radius 2 is 2.29 bits per heavy atom. The highest BCUT2D eigenvalue weighted by Gasteiger charge is 2.02. The molecule has 0 radical (unpaired) electrons. The first-order valence-electron chi connectivity index (χ1n) is 3.94. The summed E-state index contributed by atoms with van der Waals surface area (Å²) in [5, 5.41) is 0. The van der Waals surface area contributed by atoms with Gasteiger partial charge in [-0.3, -0.25) is 0 Å². The molecule has 0 N–H and O–H groups in total. The van der Waals surface area contributed by atoms with Crippen LogP contribution in [0.2, 0.25) is 0 Å². The summed E-state index contributed by atoms with van der Waals surface area (Å²) in [6.07, 6.45) is 0. The van der Waals surface area contributed by atoms with Crippen LogP contribution >= 0.6 is 27.5 Å². The smallest absolute Gasteiger partial charge is 0.134 e. The fourth-order valence-electron chi connectivity index (χ4n) is 0.811. The molecule has 1 nitrogen and oxygen atoms in total. The lowest BCUT2D eigenvalue weighted by atomic mass is 10.3. The van der Waals surface area contributed by atoms with Crippen LogP contribution in [-0.4, -0.2) is 12.5 Å². The third-order valence-electron chi connectivity index (χ3n) is 1.51. The Bertz CT molecular complexity index is 341. The van der Waals surface area contributed by atoms with Gasteiger partial charge in [0.05, 0.1) is 4.47 Å². The average Bonchev–Trinajstić information content (AvgIpc) is 2.16. The second-order valence-corrected chi connectivity index (χ2v) is 3.87. The summed E-state index contributed by atoms with van der Waals surface area (Å²) in [6, 6.07) is 4.24. The quantitative estimate of drug-likeness (QED) is 0.602. The largest absolute Gasteiger partial charge is 0.488 e. The molecule has 0 aromatic heterocycles. The Balaban J connectivity index is 2.63. The fourth-order valence-corrected chi connectivity index (χ4v) is 1.35. The summed E-state index contributed by atoms with van der Waals surface area (Å²) in [6.45, 7) is 4.03. The molecule has 1 rings (SSSR count). The minimum atomic E-state index is -0.305. The molecule has 0 aliphatic heterocycles. The van der Waals surface area contributed by atoms with Crippen molar-refractivity contribution in [3.8, 4) is 5.75 Å². The highest BCUT2D eigenvalue weighted by Crippen LogP contribution is 2.25. The van der Waals surface area contributed by atoms with Crippen molar-refractivity contribution in [2.45, 2.75) is 0 Å². The normalized spacial score (nSPS) is 9.93. The van der Waals surface area contributed by atoms with Gasteiger partial charge in [0.1, 0.15) is 18.2 Å². The van der Waals surface area contributed by atoms with Crippen LogP contribution in [0.25, 0.3) is 0 Å². The van der Waals surface area contributed by atoms with E-state index in [0.717, 1.165) is 5.57 Å². The Morgan fingerprint density at radius 3 is 2.86 bits per heavy atom. The first-order valence-corrected chi connectivity index (χ1v) is 5.26. The van der Waals surface area contributed by atoms with E-state index in [0.29, 0.717) is 22.7 Å². The number of ether oxygens (including phenoxy) is 1. The van der Waals surface area contributed by atoms with Crippen molar-refractivity contribution in [2.24, 2.45) is 0 Å². The number of rotatable bonds is 4. The van der Waals surface area contributed by atoms with Crippen LogP contribution in [0.5, 0.6) is 5.75 Å². The third-order valence-corrected chi connectivity index (χ3v) is 2.51. The number of hydrogen-bond donors (Lipinski definition) is 0. The van der Waals surface area contributed by atoms with Gasteiger partial charge in [0.2, 0.25) is 0 Å². The number of halogens is 3. The molecule has 0 saturated carbocycles. The van der Waals surface area contributed by atoms with Crippen molar-refractivity contribution in [2.75, 3.05) is 12.5 Å². The van der Waals surface area contributed by atoms with E-state index < -0.39 is 0 Å². The van der Waals surface area contributed by atoms with E-state index in [9.17, 15) is 4.39 Å². The molecule has 4 heteroatoms. The van der Waals surface area contributed by atoms with Crippen molar-refractivity contribution < 1.29 is 9.13 Å². The number of hydrogen-bond acceptors (Lipinski definition) is 1. The zero-order valence-corrected chi connectivity index (χ0v) is 9.74. The Labute approximate surface area is 95.7 Å². The van der Waals surface area contributed by atoms with Crippen LogP contribution in [-0.2, 0) is 0 Å². The molecule has 0 saturated heterocycles. The highest BCUT2D eigenvalue weighted by molar-refractivity contribution is 9.10. The average molecular weight is 280 g/mol. The number of benzene rings is 1. The van der Waals surface area contributed by atoms with Crippen LogP contribution < -0.4 is 4.74 Å². The maximum Gasteiger partial charge on any atom is 0.134 e. The summed E-state index contributed by atoms with van der Waals surface area (Å²) in [5.41, 5.74) is 0.780. The van der Waals surface area contributed by atoms with Crippen LogP contribution in [0, 0.1) is 5.82 Å². The molecule has 0 amide bonds. The molecule has 76 valence electrons. The molecule has 0 aliphatic rings. The molecule has 0 bridgehead atoms. The second-order valence-electron chi connectivity index (χ2n) is 2.75. The highest BCUT2D eigenvalue weighted by atomic mass is 79.9. The summed E-state index contributed by atoms with van der Waals surface area (Å²) in [7, 11) is 0. The van der Waals surface area contributed by atoms with Crippen LogP contribution in [0.3, 0.4) is 0 Å². The van der Waals surface area contributed by atoms with Gasteiger partial charge in [0.15, 0.2) is 0 Å². The van der Waals surface area contributed by atoms with Crippen molar-refractivity contribution in [1.29, 1.82) is 0 Å². The number of alkyl halides is 1. The van der Waals surface area contributed by atoms with Gasteiger partial charge in [-0.15, -0.1) is 11.6 Å². The van der Waals surface area contributed by atoms with Crippen molar-refractivity contribution in [3.05, 3.63) is 40.6 Å². The van der Waals surface area contributed by atoms with Crippen LogP contribution in [0.1, 0.15) is 0 Å². The van der Waals surface area contributed by atoms with Gasteiger partial charge in [0, 0.05) is 5.88 Å². The van der Waals surface area contributed by atoms with Crippen molar-refractivity contribution in [1.82, 2.24) is 0 Å². The predicted octanol–water partition coefficient (Wildman–Crippen LogP) is 3.76. The monoisotopic (exact) mass is 278 g/mol. The first-order chi connectivity index (χ1) is 6.63. The standard InChI is InChI=1S/C10H9BrClFO/c1-7(5-12)6-14-10-3-2-8(13)4-9(10)11/h2-4H,1,5-6H2. The van der Waals surface area contributed by atoms with Crippen molar-refractivity contribution >= 4 is 27.5 Å². The lowest BCUT2D eigenvalue weighted by Gasteiger charge is -2.08. The van der Waals surface area contributed by atoms with Crippen LogP contribution in [0.15, 0.2) is 34.8 Å². The van der Waals surface area contributed by atoms with Gasteiger partial charge in [0.25, 0.3) is 0 Å². The van der Waals surface area contributed by atoms with E-state index in [2.05, 4.69) is 22.5 Å². The minimum Gasteiger partial charge on any atom is -0.488 e. The molecule has 1 aromatic rings. The Kier molecular flexibility index (Phi) is 4.42. The lowest BCUT2D eigenvalue weighted by molar-refractivity contribution is 0.350. The fraction of sp³-hybridized carbons (Fsp3) is 0.200. The molecule has 0 fully saturated rings. The summed E-state index contributed by atoms with van der Waals surface area (Å²) in [5.74, 6) is 0.636. The van der Waals surface area contributed by atoms with E-state index in [1.54, 1.807) is 6.07 Å². The van der Waals surface area contributed by atoms with E-state index in [-0.39, 0.29) is 5.82 Å². The van der Waals surface area contributed by atoms with Gasteiger partial charge >= 0.3 is 0 Å². The Morgan fingerprint density at radius 1 is 1.57 bits per heavy atom. The summed E-state index contributed by atoms with van der Waals surface area (Å²) < 4.78 is 18.6. The maximum atomic E-state index is 12.7. The van der Waals surface area contributed by atoms with Gasteiger partial charge < -0.3 is 4.74 Å². The topological polar surface area (TPSA) is 9.23 Å². The molecule has 0 unspecified atom stereocenters. The molecule has 0 aliphatic carbocycles. The first kappa shape index (κ1) is 11.5. The third kappa shape index (κ3) is 3.31. The molecular weight excluding hydrogens is 270 g/mol. The van der Waals surface area contributed by atoms with E-state index >= 15 is 0 Å². The van der Waals surface area contributed by atoms with Gasteiger partial charge in [-0.05, 0) is 39.7 Å². The summed E-state index contributed by atoms with van der Waals surface area (Å²) >= 11 is 8.72. The molecule has 0 atom stereocenters. The van der Waals surface area contributed by atoms with Crippen molar-refractivity contribution in [3.63, 3.8) is 0 Å². The SMILES string of the molecule is C=C(CCl)COc1ccc(F)cc1Br. The van der Waals surface area contributed by atoms with Gasteiger partial charge in [-0.25, -0.2) is 4.39 Å². The van der Waals surface area contributed by atoms with Gasteiger partial charge in [-0.2, -0.15) is 0 Å². The molecular formula is C10H9BrClFO. The minimum absolute atomic E-state index is 0.305. The van der Waals surface area contributed by atoms with Crippen LogP contribution in [0.4, 0.5) is 4.39 Å².